The van der Waals surface area contributed by atoms with Crippen molar-refractivity contribution >= 4 is 17.7 Å². The number of hydrogen-bond donors (Lipinski definition) is 2. The van der Waals surface area contributed by atoms with Crippen LogP contribution >= 0.6 is 0 Å². The molecule has 2 atom stereocenters. The lowest BCUT2D eigenvalue weighted by atomic mass is 10.0. The number of nitrogens with zero attached hydrogens (tertiary/aromatic N) is 2. The molecule has 0 saturated carbocycles. The molecule has 1 aromatic carbocycles. The summed E-state index contributed by atoms with van der Waals surface area (Å²) in [7, 11) is 0. The monoisotopic (exact) mass is 355 g/mol. The number of piperidine rings is 1. The number of imide groups is 1. The van der Waals surface area contributed by atoms with E-state index in [1.54, 1.807) is 25.1 Å². The van der Waals surface area contributed by atoms with Gasteiger partial charge >= 0.3 is 0 Å². The lowest BCUT2D eigenvalue weighted by molar-refractivity contribution is -0.136. The normalized spacial score (nSPS) is 20.9. The van der Waals surface area contributed by atoms with E-state index in [1.807, 2.05) is 6.07 Å². The molecular formula is C18H17N3O5. The molecule has 2 N–H and O–H groups in total. The average molecular weight is 355 g/mol. The number of aromatic nitrogens is 1. The third-order valence-corrected chi connectivity index (χ3v) is 4.76. The summed E-state index contributed by atoms with van der Waals surface area (Å²) in [5.41, 5.74) is 2.66. The van der Waals surface area contributed by atoms with E-state index >= 15 is 0 Å². The highest BCUT2D eigenvalue weighted by atomic mass is 16.5. The van der Waals surface area contributed by atoms with E-state index in [1.165, 1.54) is 4.90 Å². The second-order valence-electron chi connectivity index (χ2n) is 6.56. The largest absolute Gasteiger partial charge is 0.385 e. The third-order valence-electron chi connectivity index (χ3n) is 4.76. The van der Waals surface area contributed by atoms with Crippen molar-refractivity contribution in [1.29, 1.82) is 0 Å². The van der Waals surface area contributed by atoms with Crippen LogP contribution in [0.5, 0.6) is 0 Å². The Morgan fingerprint density at radius 1 is 1.31 bits per heavy atom. The fourth-order valence-corrected chi connectivity index (χ4v) is 3.36. The van der Waals surface area contributed by atoms with E-state index in [0.717, 1.165) is 11.1 Å². The second kappa shape index (κ2) is 6.06. The molecule has 26 heavy (non-hydrogen) atoms. The van der Waals surface area contributed by atoms with Gasteiger partial charge in [0.05, 0.1) is 0 Å². The maximum Gasteiger partial charge on any atom is 0.255 e. The molecule has 2 aromatic rings. The predicted octanol–water partition coefficient (Wildman–Crippen LogP) is 1.16. The van der Waals surface area contributed by atoms with Crippen LogP contribution in [0.15, 0.2) is 28.8 Å². The summed E-state index contributed by atoms with van der Waals surface area (Å²) in [6, 6.07) is 6.32. The van der Waals surface area contributed by atoms with Gasteiger partial charge in [0, 0.05) is 30.2 Å². The summed E-state index contributed by atoms with van der Waals surface area (Å²) in [5.74, 6) is -0.592. The minimum Gasteiger partial charge on any atom is -0.385 e. The Labute approximate surface area is 148 Å². The Balaban J connectivity index is 1.60. The molecule has 0 bridgehead atoms. The van der Waals surface area contributed by atoms with Gasteiger partial charge in [-0.1, -0.05) is 11.2 Å². The number of rotatable bonds is 3. The maximum absolute atomic E-state index is 12.7. The van der Waals surface area contributed by atoms with Gasteiger partial charge in [0.15, 0.2) is 5.76 Å². The standard InChI is InChI=1S/C18H17N3O5/c1-9(22)15-7-13(20-26-15)10-2-3-12-11(6-10)8-21(18(12)25)14-4-5-16(23)19-17(14)24/h2-3,6-7,9,14,22H,4-5,8H2,1H3,(H,19,23,24). The Morgan fingerprint density at radius 3 is 2.81 bits per heavy atom. The number of carbonyl (C=O) groups excluding carboxylic acids is 3. The summed E-state index contributed by atoms with van der Waals surface area (Å²) in [5, 5.41) is 15.8. The van der Waals surface area contributed by atoms with Crippen LogP contribution in [0, 0.1) is 0 Å². The van der Waals surface area contributed by atoms with Gasteiger partial charge < -0.3 is 14.5 Å². The van der Waals surface area contributed by atoms with Crippen molar-refractivity contribution in [3.63, 3.8) is 0 Å². The molecule has 3 amide bonds. The highest BCUT2D eigenvalue weighted by Gasteiger charge is 2.39. The summed E-state index contributed by atoms with van der Waals surface area (Å²) >= 11 is 0. The molecule has 1 aromatic heterocycles. The van der Waals surface area contributed by atoms with Gasteiger partial charge in [-0.05, 0) is 31.0 Å². The van der Waals surface area contributed by atoms with Crippen molar-refractivity contribution in [1.82, 2.24) is 15.4 Å². The zero-order chi connectivity index (χ0) is 18.4. The Morgan fingerprint density at radius 2 is 2.12 bits per heavy atom. The second-order valence-corrected chi connectivity index (χ2v) is 6.56. The van der Waals surface area contributed by atoms with Gasteiger partial charge in [0.25, 0.3) is 5.91 Å². The van der Waals surface area contributed by atoms with Crippen molar-refractivity contribution in [3.05, 3.63) is 41.2 Å². The molecule has 2 aliphatic rings. The minimum absolute atomic E-state index is 0.217. The van der Waals surface area contributed by atoms with Crippen LogP contribution in [0.25, 0.3) is 11.3 Å². The molecule has 134 valence electrons. The van der Waals surface area contributed by atoms with Crippen LogP contribution in [0.2, 0.25) is 0 Å². The quantitative estimate of drug-likeness (QED) is 0.799. The van der Waals surface area contributed by atoms with Crippen molar-refractivity contribution in [3.8, 4) is 11.3 Å². The number of carbonyl (C=O) groups is 3. The molecule has 0 spiro atoms. The number of aliphatic hydroxyl groups is 1. The van der Waals surface area contributed by atoms with Crippen LogP contribution in [-0.2, 0) is 16.1 Å². The smallest absolute Gasteiger partial charge is 0.255 e. The van der Waals surface area contributed by atoms with Gasteiger partial charge in [-0.25, -0.2) is 0 Å². The molecule has 0 aliphatic carbocycles. The molecule has 2 aliphatic heterocycles. The zero-order valence-corrected chi connectivity index (χ0v) is 14.1. The first kappa shape index (κ1) is 16.5. The molecule has 3 heterocycles. The lowest BCUT2D eigenvalue weighted by Crippen LogP contribution is -2.52. The van der Waals surface area contributed by atoms with Crippen LogP contribution in [-0.4, -0.2) is 38.9 Å². The molecule has 1 fully saturated rings. The SMILES string of the molecule is CC(O)c1cc(-c2ccc3c(c2)CN(C2CCC(=O)NC2=O)C3=O)no1. The number of benzene rings is 1. The van der Waals surface area contributed by atoms with Crippen LogP contribution in [0.1, 0.15) is 47.6 Å². The van der Waals surface area contributed by atoms with Gasteiger partial charge in [-0.2, -0.15) is 0 Å². The zero-order valence-electron chi connectivity index (χ0n) is 14.1. The Hall–Kier alpha value is -3.00. The Kier molecular flexibility index (Phi) is 3.84. The van der Waals surface area contributed by atoms with Crippen LogP contribution in [0.3, 0.4) is 0 Å². The van der Waals surface area contributed by atoms with E-state index in [0.29, 0.717) is 30.0 Å². The molecule has 8 nitrogen and oxygen atoms in total. The number of hydrogen-bond acceptors (Lipinski definition) is 6. The first-order valence-electron chi connectivity index (χ1n) is 8.36. The van der Waals surface area contributed by atoms with E-state index in [9.17, 15) is 19.5 Å². The minimum atomic E-state index is -0.754. The van der Waals surface area contributed by atoms with Gasteiger partial charge in [-0.15, -0.1) is 0 Å². The van der Waals surface area contributed by atoms with Gasteiger partial charge in [0.1, 0.15) is 17.8 Å². The van der Waals surface area contributed by atoms with E-state index in [4.69, 9.17) is 4.52 Å². The average Bonchev–Trinajstić information content (AvgIpc) is 3.20. The maximum atomic E-state index is 12.7. The van der Waals surface area contributed by atoms with Crippen LogP contribution < -0.4 is 5.32 Å². The molecule has 8 heteroatoms. The topological polar surface area (TPSA) is 113 Å². The number of amides is 3. The summed E-state index contributed by atoms with van der Waals surface area (Å²) < 4.78 is 5.10. The van der Waals surface area contributed by atoms with E-state index < -0.39 is 18.1 Å². The van der Waals surface area contributed by atoms with Crippen molar-refractivity contribution in [2.75, 3.05) is 0 Å². The molecule has 1 saturated heterocycles. The fourth-order valence-electron chi connectivity index (χ4n) is 3.36. The lowest BCUT2D eigenvalue weighted by Gasteiger charge is -2.29. The fraction of sp³-hybridized carbons (Fsp3) is 0.333. The van der Waals surface area contributed by atoms with E-state index in [-0.39, 0.29) is 18.2 Å². The summed E-state index contributed by atoms with van der Waals surface area (Å²) in [4.78, 5) is 37.5. The van der Waals surface area contributed by atoms with Crippen molar-refractivity contribution < 1.29 is 24.0 Å². The molecule has 2 unspecified atom stereocenters. The van der Waals surface area contributed by atoms with E-state index in [2.05, 4.69) is 10.5 Å². The molecule has 0 radical (unpaired) electrons. The van der Waals surface area contributed by atoms with Crippen molar-refractivity contribution in [2.24, 2.45) is 0 Å². The number of nitrogens with one attached hydrogen (secondary N) is 1. The molecule has 4 rings (SSSR count). The summed E-state index contributed by atoms with van der Waals surface area (Å²) in [6.45, 7) is 1.89. The third kappa shape index (κ3) is 2.68. The van der Waals surface area contributed by atoms with Crippen LogP contribution in [0.4, 0.5) is 0 Å². The molecular weight excluding hydrogens is 338 g/mol. The number of fused-ring (bicyclic) bond motifs is 1. The Bertz CT molecular complexity index is 917. The first-order valence-corrected chi connectivity index (χ1v) is 8.36. The summed E-state index contributed by atoms with van der Waals surface area (Å²) in [6.07, 6.45) is -0.198. The highest BCUT2D eigenvalue weighted by molar-refractivity contribution is 6.05. The highest BCUT2D eigenvalue weighted by Crippen LogP contribution is 2.31. The van der Waals surface area contributed by atoms with Gasteiger partial charge in [0.2, 0.25) is 11.8 Å². The van der Waals surface area contributed by atoms with Crippen molar-refractivity contribution in [2.45, 2.75) is 38.5 Å². The van der Waals surface area contributed by atoms with Gasteiger partial charge in [-0.3, -0.25) is 19.7 Å². The predicted molar refractivity (Wildman–Crippen MR) is 88.6 cm³/mol. The first-order chi connectivity index (χ1) is 12.4. The number of aliphatic hydroxyl groups excluding tert-OH is 1.